The lowest BCUT2D eigenvalue weighted by Crippen LogP contribution is -2.37. The van der Waals surface area contributed by atoms with Crippen molar-refractivity contribution in [3.8, 4) is 0 Å². The minimum Gasteiger partial charge on any atom is -0.341 e. The van der Waals surface area contributed by atoms with Gasteiger partial charge < -0.3 is 10.2 Å². The van der Waals surface area contributed by atoms with Crippen LogP contribution >= 0.6 is 22.9 Å². The normalized spacial score (nSPS) is 17.1. The van der Waals surface area contributed by atoms with Crippen LogP contribution in [0.5, 0.6) is 0 Å². The summed E-state index contributed by atoms with van der Waals surface area (Å²) in [4.78, 5) is 14.6. The molecule has 1 amide bonds. The van der Waals surface area contributed by atoms with Crippen LogP contribution < -0.4 is 5.32 Å². The number of hydrogen-bond donors (Lipinski definition) is 1. The van der Waals surface area contributed by atoms with Gasteiger partial charge in [0, 0.05) is 13.6 Å². The Labute approximate surface area is 111 Å². The van der Waals surface area contributed by atoms with Crippen molar-refractivity contribution >= 4 is 28.8 Å². The maximum absolute atomic E-state index is 12.1. The number of amides is 1. The predicted octanol–water partition coefficient (Wildman–Crippen LogP) is 2.47. The van der Waals surface area contributed by atoms with E-state index in [4.69, 9.17) is 11.6 Å². The molecule has 0 saturated carbocycles. The molecule has 5 heteroatoms. The van der Waals surface area contributed by atoms with Crippen LogP contribution in [0.25, 0.3) is 0 Å². The summed E-state index contributed by atoms with van der Waals surface area (Å²) in [6.07, 6.45) is 2.30. The maximum atomic E-state index is 12.1. The number of thiophene rings is 1. The van der Waals surface area contributed by atoms with E-state index in [0.717, 1.165) is 32.5 Å². The van der Waals surface area contributed by atoms with E-state index in [1.54, 1.807) is 11.0 Å². The average molecular weight is 273 g/mol. The SMILES string of the molecule is CN(CC1CCNCC1)C(=O)c1sccc1Cl. The molecule has 0 aromatic carbocycles. The lowest BCUT2D eigenvalue weighted by Gasteiger charge is -2.27. The molecule has 1 aliphatic heterocycles. The summed E-state index contributed by atoms with van der Waals surface area (Å²) in [5, 5.41) is 5.75. The van der Waals surface area contributed by atoms with Crippen LogP contribution in [0.1, 0.15) is 22.5 Å². The third-order valence-electron chi connectivity index (χ3n) is 3.15. The molecule has 1 N–H and O–H groups in total. The first-order valence-corrected chi connectivity index (χ1v) is 7.13. The lowest BCUT2D eigenvalue weighted by molar-refractivity contribution is 0.0767. The monoisotopic (exact) mass is 272 g/mol. The summed E-state index contributed by atoms with van der Waals surface area (Å²) in [6.45, 7) is 2.95. The van der Waals surface area contributed by atoms with Gasteiger partial charge in [0.05, 0.1) is 5.02 Å². The van der Waals surface area contributed by atoms with Crippen LogP contribution in [0, 0.1) is 5.92 Å². The van der Waals surface area contributed by atoms with E-state index in [-0.39, 0.29) is 5.91 Å². The van der Waals surface area contributed by atoms with Crippen LogP contribution in [-0.2, 0) is 0 Å². The molecule has 17 heavy (non-hydrogen) atoms. The zero-order chi connectivity index (χ0) is 12.3. The number of carbonyl (C=O) groups is 1. The summed E-state index contributed by atoms with van der Waals surface area (Å²) in [7, 11) is 1.86. The molecule has 1 saturated heterocycles. The number of hydrogen-bond acceptors (Lipinski definition) is 3. The lowest BCUT2D eigenvalue weighted by atomic mass is 9.98. The molecule has 1 aliphatic rings. The Kier molecular flexibility index (Phi) is 4.42. The van der Waals surface area contributed by atoms with Gasteiger partial charge in [0.25, 0.3) is 5.91 Å². The largest absolute Gasteiger partial charge is 0.341 e. The molecule has 0 atom stereocenters. The molecule has 1 fully saturated rings. The van der Waals surface area contributed by atoms with Crippen LogP contribution in [0.2, 0.25) is 5.02 Å². The molecular weight excluding hydrogens is 256 g/mol. The van der Waals surface area contributed by atoms with Crippen molar-refractivity contribution in [2.75, 3.05) is 26.7 Å². The minimum atomic E-state index is 0.0449. The minimum absolute atomic E-state index is 0.0449. The first kappa shape index (κ1) is 12.9. The average Bonchev–Trinajstić information content (AvgIpc) is 2.76. The van der Waals surface area contributed by atoms with E-state index in [2.05, 4.69) is 5.32 Å². The van der Waals surface area contributed by atoms with Gasteiger partial charge in [0.2, 0.25) is 0 Å². The molecule has 0 bridgehead atoms. The summed E-state index contributed by atoms with van der Waals surface area (Å²) < 4.78 is 0. The molecule has 2 rings (SSSR count). The third kappa shape index (κ3) is 3.21. The maximum Gasteiger partial charge on any atom is 0.265 e. The van der Waals surface area contributed by atoms with Gasteiger partial charge in [0.1, 0.15) is 4.88 Å². The molecule has 0 spiro atoms. The van der Waals surface area contributed by atoms with Gasteiger partial charge in [-0.2, -0.15) is 0 Å². The van der Waals surface area contributed by atoms with E-state index in [9.17, 15) is 4.79 Å². The zero-order valence-corrected chi connectivity index (χ0v) is 11.5. The van der Waals surface area contributed by atoms with E-state index in [0.29, 0.717) is 15.8 Å². The van der Waals surface area contributed by atoms with Gasteiger partial charge >= 0.3 is 0 Å². The quantitative estimate of drug-likeness (QED) is 0.917. The van der Waals surface area contributed by atoms with E-state index in [1.807, 2.05) is 12.4 Å². The first-order valence-electron chi connectivity index (χ1n) is 5.87. The Morgan fingerprint density at radius 2 is 2.29 bits per heavy atom. The topological polar surface area (TPSA) is 32.3 Å². The number of carbonyl (C=O) groups excluding carboxylic acids is 1. The summed E-state index contributed by atoms with van der Waals surface area (Å²) >= 11 is 7.39. The highest BCUT2D eigenvalue weighted by Crippen LogP contribution is 2.24. The molecule has 3 nitrogen and oxygen atoms in total. The number of nitrogens with zero attached hydrogens (tertiary/aromatic N) is 1. The van der Waals surface area contributed by atoms with Crippen LogP contribution in [-0.4, -0.2) is 37.5 Å². The molecule has 2 heterocycles. The number of rotatable bonds is 3. The highest BCUT2D eigenvalue weighted by molar-refractivity contribution is 7.12. The fourth-order valence-electron chi connectivity index (χ4n) is 2.15. The van der Waals surface area contributed by atoms with Gasteiger partial charge in [-0.3, -0.25) is 4.79 Å². The van der Waals surface area contributed by atoms with Crippen LogP contribution in [0.3, 0.4) is 0 Å². The first-order chi connectivity index (χ1) is 8.18. The third-order valence-corrected chi connectivity index (χ3v) is 4.48. The second-order valence-electron chi connectivity index (χ2n) is 4.48. The van der Waals surface area contributed by atoms with Gasteiger partial charge in [-0.15, -0.1) is 11.3 Å². The molecule has 1 aromatic rings. The summed E-state index contributed by atoms with van der Waals surface area (Å²) in [5.74, 6) is 0.660. The second-order valence-corrected chi connectivity index (χ2v) is 5.80. The van der Waals surface area contributed by atoms with E-state index >= 15 is 0 Å². The molecule has 0 unspecified atom stereocenters. The van der Waals surface area contributed by atoms with Gasteiger partial charge in [-0.05, 0) is 43.3 Å². The highest BCUT2D eigenvalue weighted by atomic mass is 35.5. The van der Waals surface area contributed by atoms with Crippen molar-refractivity contribution in [2.45, 2.75) is 12.8 Å². The fourth-order valence-corrected chi connectivity index (χ4v) is 3.28. The smallest absolute Gasteiger partial charge is 0.265 e. The molecule has 1 aromatic heterocycles. The molecule has 0 radical (unpaired) electrons. The Morgan fingerprint density at radius 3 is 2.88 bits per heavy atom. The Hall–Kier alpha value is -0.580. The predicted molar refractivity (Wildman–Crippen MR) is 71.9 cm³/mol. The number of halogens is 1. The molecular formula is C12H17ClN2OS. The van der Waals surface area contributed by atoms with Crippen molar-refractivity contribution in [1.82, 2.24) is 10.2 Å². The second kappa shape index (κ2) is 5.85. The summed E-state index contributed by atoms with van der Waals surface area (Å²) in [5.41, 5.74) is 0. The van der Waals surface area contributed by atoms with E-state index < -0.39 is 0 Å². The van der Waals surface area contributed by atoms with Crippen molar-refractivity contribution < 1.29 is 4.79 Å². The van der Waals surface area contributed by atoms with Crippen LogP contribution in [0.4, 0.5) is 0 Å². The van der Waals surface area contributed by atoms with Gasteiger partial charge in [0.15, 0.2) is 0 Å². The Morgan fingerprint density at radius 1 is 1.59 bits per heavy atom. The Balaban J connectivity index is 1.93. The summed E-state index contributed by atoms with van der Waals surface area (Å²) in [6, 6.07) is 1.78. The number of piperidine rings is 1. The van der Waals surface area contributed by atoms with E-state index in [1.165, 1.54) is 11.3 Å². The van der Waals surface area contributed by atoms with Crippen molar-refractivity contribution in [3.63, 3.8) is 0 Å². The zero-order valence-electron chi connectivity index (χ0n) is 9.91. The van der Waals surface area contributed by atoms with Crippen molar-refractivity contribution in [2.24, 2.45) is 5.92 Å². The molecule has 94 valence electrons. The number of nitrogens with one attached hydrogen (secondary N) is 1. The van der Waals surface area contributed by atoms with Crippen molar-refractivity contribution in [1.29, 1.82) is 0 Å². The fraction of sp³-hybridized carbons (Fsp3) is 0.583. The highest BCUT2D eigenvalue weighted by Gasteiger charge is 2.21. The van der Waals surface area contributed by atoms with Gasteiger partial charge in [-0.1, -0.05) is 11.6 Å². The van der Waals surface area contributed by atoms with Crippen molar-refractivity contribution in [3.05, 3.63) is 21.3 Å². The van der Waals surface area contributed by atoms with Crippen LogP contribution in [0.15, 0.2) is 11.4 Å². The molecule has 0 aliphatic carbocycles. The Bertz CT molecular complexity index is 388. The van der Waals surface area contributed by atoms with Gasteiger partial charge in [-0.25, -0.2) is 0 Å². The standard InChI is InChI=1S/C12H17ClN2OS/c1-15(8-9-2-5-14-6-3-9)12(16)11-10(13)4-7-17-11/h4,7,9,14H,2-3,5-6,8H2,1H3.